The molecule has 0 atom stereocenters. The van der Waals surface area contributed by atoms with E-state index in [-0.39, 0.29) is 5.41 Å². The van der Waals surface area contributed by atoms with Crippen LogP contribution in [0, 0.1) is 0 Å². The molecule has 8 aromatic carbocycles. The summed E-state index contributed by atoms with van der Waals surface area (Å²) in [5.74, 6) is 3.05. The average molecular weight is 1030 g/mol. The zero-order chi connectivity index (χ0) is 53.6. The second-order valence-electron chi connectivity index (χ2n) is 21.0. The summed E-state index contributed by atoms with van der Waals surface area (Å²) in [4.78, 5) is 27.7. The highest BCUT2D eigenvalue weighted by Gasteiger charge is 2.39. The van der Waals surface area contributed by atoms with Gasteiger partial charge in [0.2, 0.25) is 0 Å². The predicted octanol–water partition coefficient (Wildman–Crippen LogP) is 19.4. The summed E-state index contributed by atoms with van der Waals surface area (Å²) in [6.07, 6.45) is 14.3. The number of nitrogens with zero attached hydrogens (tertiary/aromatic N) is 7. The van der Waals surface area contributed by atoms with Gasteiger partial charge in [0.05, 0.1) is 11.4 Å². The second-order valence-corrected chi connectivity index (χ2v) is 21.0. The first kappa shape index (κ1) is 48.2. The van der Waals surface area contributed by atoms with Gasteiger partial charge in [0.1, 0.15) is 23.3 Å². The van der Waals surface area contributed by atoms with E-state index in [1.54, 1.807) is 0 Å². The molecule has 0 bridgehead atoms. The molecule has 4 heterocycles. The van der Waals surface area contributed by atoms with Crippen molar-refractivity contribution in [3.8, 4) is 33.4 Å². The lowest BCUT2D eigenvalue weighted by atomic mass is 9.78. The quantitative estimate of drug-likeness (QED) is 0.0892. The second kappa shape index (κ2) is 20.3. The van der Waals surface area contributed by atoms with E-state index in [0.29, 0.717) is 0 Å². The summed E-state index contributed by atoms with van der Waals surface area (Å²) in [6, 6.07) is 84.0. The first-order valence-corrected chi connectivity index (χ1v) is 27.4. The lowest BCUT2D eigenvalue weighted by Gasteiger charge is -2.33. The molecule has 382 valence electrons. The Morgan fingerprint density at radius 1 is 0.350 bits per heavy atom. The molecule has 0 N–H and O–H groups in total. The molecule has 4 aromatic heterocycles. The summed E-state index contributed by atoms with van der Waals surface area (Å²) in [5, 5.41) is 4.11. The fraction of sp³-hybridized carbons (Fsp3) is 0.0685. The molecule has 0 radical (unpaired) electrons. The van der Waals surface area contributed by atoms with Gasteiger partial charge in [-0.15, -0.1) is 0 Å². The van der Waals surface area contributed by atoms with Crippen LogP contribution in [-0.4, -0.2) is 19.9 Å². The largest absolute Gasteiger partial charge is 0.295 e. The lowest BCUT2D eigenvalue weighted by molar-refractivity contribution is 0.608. The number of hydrogen-bond acceptors (Lipinski definition) is 7. The highest BCUT2D eigenvalue weighted by atomic mass is 15.2. The SMILES string of the molecule is CC1(C)C2=C(C=CCC2)c2cc3c(N(c4ccccn4)c4cc(-c5ccccc5)ccn4)c4cc(N(c5cccc(-c6ccccc6)c5)c5ccccn5)ccc4c(N(c4cccc(-c5ccccc5)c4)c4ccccn4)c3cc21. The Hall–Kier alpha value is -10.2. The number of fused-ring (bicyclic) bond motifs is 4. The number of aromatic nitrogens is 4. The third-order valence-corrected chi connectivity index (χ3v) is 15.9. The van der Waals surface area contributed by atoms with Gasteiger partial charge in [-0.2, -0.15) is 0 Å². The fourth-order valence-corrected chi connectivity index (χ4v) is 12.2. The van der Waals surface area contributed by atoms with E-state index >= 15 is 0 Å². The zero-order valence-electron chi connectivity index (χ0n) is 44.5. The number of pyridine rings is 4. The normalized spacial score (nSPS) is 13.3. The number of anilines is 9. The maximum absolute atomic E-state index is 5.30. The van der Waals surface area contributed by atoms with Gasteiger partial charge in [-0.3, -0.25) is 14.7 Å². The van der Waals surface area contributed by atoms with Gasteiger partial charge in [-0.1, -0.05) is 171 Å². The van der Waals surface area contributed by atoms with Crippen LogP contribution in [0.4, 0.5) is 51.7 Å². The van der Waals surface area contributed by atoms with Crippen molar-refractivity contribution in [2.45, 2.75) is 32.1 Å². The van der Waals surface area contributed by atoms with Gasteiger partial charge in [0.25, 0.3) is 0 Å². The predicted molar refractivity (Wildman–Crippen MR) is 331 cm³/mol. The molecular formula is C73H55N7. The van der Waals surface area contributed by atoms with E-state index in [1.807, 2.05) is 43.0 Å². The van der Waals surface area contributed by atoms with Crippen LogP contribution in [0.1, 0.15) is 37.8 Å². The monoisotopic (exact) mass is 1030 g/mol. The smallest absolute Gasteiger partial charge is 0.139 e. The molecule has 2 aliphatic carbocycles. The van der Waals surface area contributed by atoms with Crippen LogP contribution >= 0.6 is 0 Å². The Morgan fingerprint density at radius 2 is 0.825 bits per heavy atom. The molecule has 0 unspecified atom stereocenters. The van der Waals surface area contributed by atoms with Crippen LogP contribution in [0.5, 0.6) is 0 Å². The topological polar surface area (TPSA) is 61.3 Å². The molecular weight excluding hydrogens is 975 g/mol. The zero-order valence-corrected chi connectivity index (χ0v) is 44.5. The highest BCUT2D eigenvalue weighted by molar-refractivity contribution is 6.24. The van der Waals surface area contributed by atoms with Crippen molar-refractivity contribution >= 4 is 78.8 Å². The molecule has 0 saturated carbocycles. The molecule has 80 heavy (non-hydrogen) atoms. The van der Waals surface area contributed by atoms with Gasteiger partial charge in [0, 0.05) is 68.8 Å². The summed E-state index contributed by atoms with van der Waals surface area (Å²) in [7, 11) is 0. The van der Waals surface area contributed by atoms with Crippen LogP contribution in [-0.2, 0) is 5.41 Å². The molecule has 0 fully saturated rings. The molecule has 0 aliphatic heterocycles. The van der Waals surface area contributed by atoms with Gasteiger partial charge in [-0.25, -0.2) is 19.9 Å². The third-order valence-electron chi connectivity index (χ3n) is 15.9. The van der Waals surface area contributed by atoms with Crippen LogP contribution in [0.25, 0.3) is 60.5 Å². The molecule has 7 nitrogen and oxygen atoms in total. The van der Waals surface area contributed by atoms with Gasteiger partial charge < -0.3 is 0 Å². The molecule has 14 rings (SSSR count). The van der Waals surface area contributed by atoms with E-state index in [2.05, 4.69) is 259 Å². The van der Waals surface area contributed by atoms with E-state index in [1.165, 1.54) is 22.3 Å². The number of rotatable bonds is 12. The maximum Gasteiger partial charge on any atom is 0.139 e. The Labute approximate surface area is 466 Å². The summed E-state index contributed by atoms with van der Waals surface area (Å²) in [6.45, 7) is 4.82. The van der Waals surface area contributed by atoms with Gasteiger partial charge in [0.15, 0.2) is 0 Å². The Morgan fingerprint density at radius 3 is 1.41 bits per heavy atom. The summed E-state index contributed by atoms with van der Waals surface area (Å²) >= 11 is 0. The van der Waals surface area contributed by atoms with Crippen molar-refractivity contribution in [3.05, 3.63) is 290 Å². The summed E-state index contributed by atoms with van der Waals surface area (Å²) in [5.41, 5.74) is 16.6. The van der Waals surface area contributed by atoms with Crippen molar-refractivity contribution in [3.63, 3.8) is 0 Å². The Bertz CT molecular complexity index is 4320. The highest BCUT2D eigenvalue weighted by Crippen LogP contribution is 2.57. The van der Waals surface area contributed by atoms with E-state index in [9.17, 15) is 0 Å². The minimum Gasteiger partial charge on any atom is -0.295 e. The fourth-order valence-electron chi connectivity index (χ4n) is 12.2. The van der Waals surface area contributed by atoms with Gasteiger partial charge >= 0.3 is 0 Å². The van der Waals surface area contributed by atoms with Crippen molar-refractivity contribution < 1.29 is 0 Å². The first-order valence-electron chi connectivity index (χ1n) is 27.4. The summed E-state index contributed by atoms with van der Waals surface area (Å²) < 4.78 is 0. The number of hydrogen-bond donors (Lipinski definition) is 0. The van der Waals surface area contributed by atoms with Crippen molar-refractivity contribution in [2.75, 3.05) is 14.7 Å². The molecule has 0 saturated heterocycles. The lowest BCUT2D eigenvalue weighted by Crippen LogP contribution is -2.19. The first-order chi connectivity index (χ1) is 39.5. The van der Waals surface area contributed by atoms with Crippen LogP contribution in [0.2, 0.25) is 0 Å². The minimum absolute atomic E-state index is 0.230. The number of benzene rings is 8. The molecule has 7 heteroatoms. The van der Waals surface area contributed by atoms with Crippen molar-refractivity contribution in [1.29, 1.82) is 0 Å². The minimum atomic E-state index is -0.230. The van der Waals surface area contributed by atoms with Crippen molar-refractivity contribution in [1.82, 2.24) is 19.9 Å². The van der Waals surface area contributed by atoms with E-state index in [0.717, 1.165) is 119 Å². The molecule has 2 aliphatic rings. The van der Waals surface area contributed by atoms with Crippen LogP contribution < -0.4 is 14.7 Å². The third kappa shape index (κ3) is 8.57. The number of allylic oxidation sites excluding steroid dienone is 4. The molecule has 0 spiro atoms. The van der Waals surface area contributed by atoms with E-state index < -0.39 is 0 Å². The Balaban J connectivity index is 1.15. The van der Waals surface area contributed by atoms with E-state index in [4.69, 9.17) is 19.9 Å². The van der Waals surface area contributed by atoms with Gasteiger partial charge in [-0.05, 0) is 160 Å². The average Bonchev–Trinajstić information content (AvgIpc) is 3.95. The van der Waals surface area contributed by atoms with Crippen LogP contribution in [0.3, 0.4) is 0 Å². The Kier molecular flexibility index (Phi) is 12.2. The standard InChI is InChI=1S/C73H55N7/c1-73(2)65-33-13-12-32-59(65)61-48-63-64(49-66(61)73)71(79(68-35-15-18-41-75-68)57-31-21-29-54(45-57)51-24-8-4-9-25-51)60-38-37-58(78(67-34-14-17-40-74-67)56-30-20-28-53(44-56)50-22-6-3-7-23-50)47-62(60)72(63)80(69-36-16-19-42-76-69)70-46-55(39-43-77-70)52-26-10-5-11-27-52/h3-12,14-32,34-49H,13,33H2,1-2H3. The molecule has 12 aromatic rings. The van der Waals surface area contributed by atoms with Crippen molar-refractivity contribution in [2.24, 2.45) is 0 Å². The maximum atomic E-state index is 5.30. The molecule has 0 amide bonds. The van der Waals surface area contributed by atoms with Crippen LogP contribution in [0.15, 0.2) is 279 Å².